The van der Waals surface area contributed by atoms with Crippen molar-refractivity contribution in [1.29, 1.82) is 0 Å². The molecule has 112 valence electrons. The number of fused-ring (bicyclic) bond motifs is 1. The molecular weight excluding hydrogens is 294 g/mol. The van der Waals surface area contributed by atoms with Gasteiger partial charge >= 0.3 is 0 Å². The molecule has 4 rings (SSSR count). The van der Waals surface area contributed by atoms with E-state index in [2.05, 4.69) is 15.3 Å². The molecule has 0 unspecified atom stereocenters. The summed E-state index contributed by atoms with van der Waals surface area (Å²) in [6.45, 7) is 0. The van der Waals surface area contributed by atoms with E-state index >= 15 is 0 Å². The van der Waals surface area contributed by atoms with E-state index in [1.807, 2.05) is 6.07 Å². The quantitative estimate of drug-likeness (QED) is 0.710. The first-order chi connectivity index (χ1) is 11.2. The average Bonchev–Trinajstić information content (AvgIpc) is 3.21. The maximum Gasteiger partial charge on any atom is 0.275 e. The number of benzene rings is 1. The van der Waals surface area contributed by atoms with E-state index in [4.69, 9.17) is 4.42 Å². The predicted molar refractivity (Wildman–Crippen MR) is 85.9 cm³/mol. The number of nitrogens with zero attached hydrogens (tertiary/aromatic N) is 1. The monoisotopic (exact) mass is 305 g/mol. The molecule has 0 atom stereocenters. The number of amidine groups is 1. The van der Waals surface area contributed by atoms with Crippen LogP contribution >= 0.6 is 0 Å². The van der Waals surface area contributed by atoms with Crippen LogP contribution < -0.4 is 10.7 Å². The van der Waals surface area contributed by atoms with Gasteiger partial charge in [0, 0.05) is 6.20 Å². The van der Waals surface area contributed by atoms with Crippen LogP contribution in [0.2, 0.25) is 0 Å². The van der Waals surface area contributed by atoms with Crippen LogP contribution in [0.15, 0.2) is 68.8 Å². The van der Waals surface area contributed by atoms with Crippen LogP contribution in [0.3, 0.4) is 0 Å². The molecule has 1 aromatic carbocycles. The van der Waals surface area contributed by atoms with Gasteiger partial charge in [-0.2, -0.15) is 0 Å². The summed E-state index contributed by atoms with van der Waals surface area (Å²) in [7, 11) is 0. The molecule has 1 amide bonds. The maximum absolute atomic E-state index is 12.4. The topological polar surface area (TPSA) is 87.5 Å². The Hall–Kier alpha value is -3.41. The third-order valence-corrected chi connectivity index (χ3v) is 3.55. The number of nitrogens with one attached hydrogen (secondary N) is 2. The molecule has 1 aliphatic heterocycles. The van der Waals surface area contributed by atoms with Crippen molar-refractivity contribution in [1.82, 2.24) is 10.3 Å². The highest BCUT2D eigenvalue weighted by Gasteiger charge is 2.22. The smallest absolute Gasteiger partial charge is 0.275 e. The Balaban J connectivity index is 1.80. The molecule has 3 aromatic rings. The molecule has 23 heavy (non-hydrogen) atoms. The van der Waals surface area contributed by atoms with E-state index in [1.165, 1.54) is 12.3 Å². The van der Waals surface area contributed by atoms with E-state index in [1.54, 1.807) is 36.5 Å². The Morgan fingerprint density at radius 1 is 1.09 bits per heavy atom. The van der Waals surface area contributed by atoms with Crippen LogP contribution in [-0.4, -0.2) is 16.7 Å². The summed E-state index contributed by atoms with van der Waals surface area (Å²) in [5, 5.41) is 3.13. The lowest BCUT2D eigenvalue weighted by atomic mass is 10.1. The van der Waals surface area contributed by atoms with Crippen molar-refractivity contribution in [2.75, 3.05) is 0 Å². The molecule has 2 N–H and O–H groups in total. The number of H-pyrrole nitrogens is 1. The maximum atomic E-state index is 12.4. The van der Waals surface area contributed by atoms with Crippen LogP contribution in [0.4, 0.5) is 0 Å². The molecule has 0 spiro atoms. The number of amides is 1. The normalized spacial score (nSPS) is 15.9. The molecule has 6 nitrogen and oxygen atoms in total. The number of aromatic amines is 1. The van der Waals surface area contributed by atoms with E-state index in [0.29, 0.717) is 22.5 Å². The highest BCUT2D eigenvalue weighted by Crippen LogP contribution is 2.15. The van der Waals surface area contributed by atoms with Crippen molar-refractivity contribution < 1.29 is 9.21 Å². The summed E-state index contributed by atoms with van der Waals surface area (Å²) >= 11 is 0. The lowest BCUT2D eigenvalue weighted by Gasteiger charge is -1.98. The summed E-state index contributed by atoms with van der Waals surface area (Å²) in [5.41, 5.74) is 1.46. The molecule has 0 aliphatic carbocycles. The van der Waals surface area contributed by atoms with Gasteiger partial charge in [0.05, 0.1) is 16.6 Å². The van der Waals surface area contributed by atoms with Crippen molar-refractivity contribution >= 4 is 28.8 Å². The minimum atomic E-state index is -0.359. The highest BCUT2D eigenvalue weighted by atomic mass is 16.3. The number of aromatic nitrogens is 1. The van der Waals surface area contributed by atoms with Crippen molar-refractivity contribution in [2.45, 2.75) is 0 Å². The summed E-state index contributed by atoms with van der Waals surface area (Å²) in [4.78, 5) is 31.7. The third kappa shape index (κ3) is 2.26. The molecular formula is C17H11N3O3. The molecule has 0 bridgehead atoms. The number of rotatable bonds is 2. The first-order valence-electron chi connectivity index (χ1n) is 6.98. The fourth-order valence-electron chi connectivity index (χ4n) is 2.41. The first kappa shape index (κ1) is 13.3. The standard InChI is InChI=1S/C17H11N3O3/c21-15-10(9-23-14-6-2-1-4-11(14)15)8-13-17(22)20-16(19-13)12-5-3-7-18-12/h1-9,18H,(H,19,20,22)/b13-8-. The van der Waals surface area contributed by atoms with Crippen LogP contribution in [-0.2, 0) is 4.79 Å². The highest BCUT2D eigenvalue weighted by molar-refractivity contribution is 6.19. The molecule has 3 heterocycles. The second-order valence-corrected chi connectivity index (χ2v) is 5.04. The minimum absolute atomic E-state index is 0.164. The van der Waals surface area contributed by atoms with Gasteiger partial charge in [0.2, 0.25) is 0 Å². The van der Waals surface area contributed by atoms with Crippen molar-refractivity contribution in [3.05, 3.63) is 76.0 Å². The number of hydrogen-bond acceptors (Lipinski definition) is 4. The molecule has 2 aromatic heterocycles. The van der Waals surface area contributed by atoms with E-state index in [-0.39, 0.29) is 22.6 Å². The van der Waals surface area contributed by atoms with E-state index < -0.39 is 0 Å². The second kappa shape index (κ2) is 5.10. The zero-order valence-electron chi connectivity index (χ0n) is 11.9. The zero-order chi connectivity index (χ0) is 15.8. The number of para-hydroxylation sites is 1. The summed E-state index contributed by atoms with van der Waals surface area (Å²) in [5.74, 6) is 0.0681. The molecule has 6 heteroatoms. The Morgan fingerprint density at radius 2 is 1.96 bits per heavy atom. The molecule has 0 radical (unpaired) electrons. The number of carbonyl (C=O) groups is 1. The molecule has 1 aliphatic rings. The Morgan fingerprint density at radius 3 is 2.78 bits per heavy atom. The summed E-state index contributed by atoms with van der Waals surface area (Å²) in [6.07, 6.45) is 4.51. The van der Waals surface area contributed by atoms with Gasteiger partial charge in [-0.3, -0.25) is 9.59 Å². The fraction of sp³-hybridized carbons (Fsp3) is 0. The Bertz CT molecular complexity index is 1030. The largest absolute Gasteiger partial charge is 0.463 e. The van der Waals surface area contributed by atoms with Crippen LogP contribution in [0, 0.1) is 0 Å². The minimum Gasteiger partial charge on any atom is -0.463 e. The van der Waals surface area contributed by atoms with Crippen molar-refractivity contribution in [3.63, 3.8) is 0 Å². The number of aliphatic imine (C=N–C) groups is 1. The van der Waals surface area contributed by atoms with Gasteiger partial charge in [0.25, 0.3) is 5.91 Å². The zero-order valence-corrected chi connectivity index (χ0v) is 11.9. The van der Waals surface area contributed by atoms with Gasteiger partial charge in [-0.05, 0) is 30.3 Å². The number of carbonyl (C=O) groups excluding carboxylic acids is 1. The van der Waals surface area contributed by atoms with Gasteiger partial charge in [-0.15, -0.1) is 0 Å². The first-order valence-corrected chi connectivity index (χ1v) is 6.98. The van der Waals surface area contributed by atoms with Crippen LogP contribution in [0.1, 0.15) is 11.3 Å². The summed E-state index contributed by atoms with van der Waals surface area (Å²) < 4.78 is 5.44. The number of hydrogen-bond donors (Lipinski definition) is 2. The van der Waals surface area contributed by atoms with Gasteiger partial charge in [0.1, 0.15) is 17.5 Å². The lowest BCUT2D eigenvalue weighted by molar-refractivity contribution is -0.115. The average molecular weight is 305 g/mol. The van der Waals surface area contributed by atoms with E-state index in [0.717, 1.165) is 0 Å². The predicted octanol–water partition coefficient (Wildman–Crippen LogP) is 2.04. The molecule has 0 saturated heterocycles. The lowest BCUT2D eigenvalue weighted by Crippen LogP contribution is -2.25. The van der Waals surface area contributed by atoms with Gasteiger partial charge in [-0.25, -0.2) is 4.99 Å². The van der Waals surface area contributed by atoms with E-state index in [9.17, 15) is 9.59 Å². The van der Waals surface area contributed by atoms with Crippen LogP contribution in [0.25, 0.3) is 17.0 Å². The van der Waals surface area contributed by atoms with Crippen molar-refractivity contribution in [2.24, 2.45) is 4.99 Å². The fourth-order valence-corrected chi connectivity index (χ4v) is 2.41. The van der Waals surface area contributed by atoms with Gasteiger partial charge in [0.15, 0.2) is 11.3 Å². The summed E-state index contributed by atoms with van der Waals surface area (Å²) in [6, 6.07) is 10.6. The molecule has 0 fully saturated rings. The molecule has 0 saturated carbocycles. The Kier molecular flexibility index (Phi) is 2.94. The van der Waals surface area contributed by atoms with Crippen LogP contribution in [0.5, 0.6) is 0 Å². The van der Waals surface area contributed by atoms with Gasteiger partial charge < -0.3 is 14.7 Å². The Labute approximate surface area is 130 Å². The van der Waals surface area contributed by atoms with Crippen molar-refractivity contribution in [3.8, 4) is 0 Å². The second-order valence-electron chi connectivity index (χ2n) is 5.04. The third-order valence-electron chi connectivity index (χ3n) is 3.55. The SMILES string of the molecule is O=C1NC(c2ccc[nH]2)=N/C1=C\c1coc2ccccc2c1=O. The van der Waals surface area contributed by atoms with Gasteiger partial charge in [-0.1, -0.05) is 12.1 Å².